The molecule has 2 fully saturated rings. The molecular formula is C22H26N2O3. The summed E-state index contributed by atoms with van der Waals surface area (Å²) in [6.07, 6.45) is 10.0. The van der Waals surface area contributed by atoms with Gasteiger partial charge in [0.05, 0.1) is 22.4 Å². The van der Waals surface area contributed by atoms with Gasteiger partial charge in [-0.15, -0.1) is 6.42 Å². The molecule has 1 aliphatic carbocycles. The first-order chi connectivity index (χ1) is 12.9. The van der Waals surface area contributed by atoms with E-state index in [1.807, 2.05) is 18.2 Å². The lowest BCUT2D eigenvalue weighted by atomic mass is 9.75. The topological polar surface area (TPSA) is 65.6 Å². The van der Waals surface area contributed by atoms with Gasteiger partial charge in [0.15, 0.2) is 0 Å². The van der Waals surface area contributed by atoms with Crippen LogP contribution in [0, 0.1) is 12.3 Å². The van der Waals surface area contributed by atoms with Crippen LogP contribution in [-0.4, -0.2) is 35.9 Å². The number of anilines is 1. The highest BCUT2D eigenvalue weighted by Gasteiger charge is 2.37. The number of H-pyrrole nitrogens is 1. The van der Waals surface area contributed by atoms with Gasteiger partial charge in [-0.25, -0.2) is 0 Å². The summed E-state index contributed by atoms with van der Waals surface area (Å²) in [5.41, 5.74) is 1.68. The van der Waals surface area contributed by atoms with Crippen LogP contribution < -0.4 is 10.5 Å². The number of ether oxygens (including phenoxy) is 1. The van der Waals surface area contributed by atoms with Gasteiger partial charge in [-0.05, 0) is 56.7 Å². The fourth-order valence-corrected chi connectivity index (χ4v) is 4.24. The van der Waals surface area contributed by atoms with Crippen molar-refractivity contribution >= 4 is 16.6 Å². The second kappa shape index (κ2) is 6.40. The molecule has 0 unspecified atom stereocenters. The molecule has 2 N–H and O–H groups in total. The van der Waals surface area contributed by atoms with Gasteiger partial charge in [-0.2, -0.15) is 0 Å². The van der Waals surface area contributed by atoms with Crippen molar-refractivity contribution in [1.29, 1.82) is 0 Å². The standard InChI is InChI=1S/C22H26N2O3/c1-4-16-19(24-12-10-21(2,27-3)11-13-24)17-14-15(22(26)8-5-9-22)6-7-18(17)23-20(16)25/h1,6-7,14,26H,5,8-13H2,2-3H3,(H,23,25). The quantitative estimate of drug-likeness (QED) is 0.820. The van der Waals surface area contributed by atoms with E-state index in [-0.39, 0.29) is 11.2 Å². The zero-order valence-corrected chi connectivity index (χ0v) is 16.0. The number of rotatable bonds is 3. The molecule has 1 aromatic heterocycles. The van der Waals surface area contributed by atoms with Crippen molar-refractivity contribution in [3.63, 3.8) is 0 Å². The van der Waals surface area contributed by atoms with E-state index in [1.54, 1.807) is 7.11 Å². The molecule has 0 bridgehead atoms. The summed E-state index contributed by atoms with van der Waals surface area (Å²) < 4.78 is 5.65. The summed E-state index contributed by atoms with van der Waals surface area (Å²) in [6, 6.07) is 5.80. The number of fused-ring (bicyclic) bond motifs is 1. The Morgan fingerprint density at radius 3 is 2.52 bits per heavy atom. The zero-order valence-electron chi connectivity index (χ0n) is 16.0. The first-order valence-electron chi connectivity index (χ1n) is 9.59. The van der Waals surface area contributed by atoms with Crippen LogP contribution in [-0.2, 0) is 10.3 Å². The smallest absolute Gasteiger partial charge is 0.266 e. The summed E-state index contributed by atoms with van der Waals surface area (Å²) in [7, 11) is 1.75. The predicted octanol–water partition coefficient (Wildman–Crippen LogP) is 2.89. The first-order valence-corrected chi connectivity index (χ1v) is 9.59. The van der Waals surface area contributed by atoms with E-state index in [0.29, 0.717) is 5.56 Å². The lowest BCUT2D eigenvalue weighted by molar-refractivity contribution is -0.0386. The summed E-state index contributed by atoms with van der Waals surface area (Å²) in [5.74, 6) is 2.60. The van der Waals surface area contributed by atoms with Gasteiger partial charge in [0.1, 0.15) is 5.56 Å². The Kier molecular flexibility index (Phi) is 4.29. The normalized spacial score (nSPS) is 20.9. The second-order valence-electron chi connectivity index (χ2n) is 8.11. The molecule has 2 aromatic rings. The summed E-state index contributed by atoms with van der Waals surface area (Å²) in [4.78, 5) is 17.7. The van der Waals surface area contributed by atoms with Gasteiger partial charge in [0.25, 0.3) is 5.56 Å². The van der Waals surface area contributed by atoms with E-state index in [0.717, 1.165) is 67.3 Å². The molecule has 0 spiro atoms. The van der Waals surface area contributed by atoms with Crippen molar-refractivity contribution in [1.82, 2.24) is 4.98 Å². The van der Waals surface area contributed by atoms with Crippen molar-refractivity contribution < 1.29 is 9.84 Å². The SMILES string of the molecule is C#Cc1c(N2CCC(C)(OC)CC2)c2cc(C3(O)CCC3)ccc2[nH]c1=O. The minimum atomic E-state index is -0.756. The summed E-state index contributed by atoms with van der Waals surface area (Å²) >= 11 is 0. The molecule has 5 nitrogen and oxygen atoms in total. The minimum absolute atomic E-state index is 0.143. The number of benzene rings is 1. The largest absolute Gasteiger partial charge is 0.385 e. The van der Waals surface area contributed by atoms with Crippen LogP contribution in [0.4, 0.5) is 5.69 Å². The molecule has 1 aliphatic heterocycles. The zero-order chi connectivity index (χ0) is 19.2. The molecule has 1 saturated heterocycles. The monoisotopic (exact) mass is 366 g/mol. The first kappa shape index (κ1) is 18.1. The number of terminal acetylenes is 1. The van der Waals surface area contributed by atoms with Crippen LogP contribution in [0.3, 0.4) is 0 Å². The third kappa shape index (κ3) is 2.93. The number of nitrogens with zero attached hydrogens (tertiary/aromatic N) is 1. The molecule has 0 atom stereocenters. The number of hydrogen-bond acceptors (Lipinski definition) is 4. The molecule has 4 rings (SSSR count). The Bertz CT molecular complexity index is 973. The number of methoxy groups -OCH3 is 1. The van der Waals surface area contributed by atoms with Gasteiger partial charge in [0, 0.05) is 25.6 Å². The average molecular weight is 366 g/mol. The third-order valence-corrected chi connectivity index (χ3v) is 6.48. The lowest BCUT2D eigenvalue weighted by Crippen LogP contribution is -2.44. The lowest BCUT2D eigenvalue weighted by Gasteiger charge is -2.40. The maximum absolute atomic E-state index is 12.6. The van der Waals surface area contributed by atoms with Gasteiger partial charge in [-0.1, -0.05) is 12.0 Å². The van der Waals surface area contributed by atoms with E-state index < -0.39 is 5.60 Å². The maximum Gasteiger partial charge on any atom is 0.266 e. The molecule has 1 saturated carbocycles. The second-order valence-corrected chi connectivity index (χ2v) is 8.11. The van der Waals surface area contributed by atoms with Crippen LogP contribution in [0.2, 0.25) is 0 Å². The van der Waals surface area contributed by atoms with E-state index in [4.69, 9.17) is 11.2 Å². The molecular weight excluding hydrogens is 340 g/mol. The molecule has 0 amide bonds. The van der Waals surface area contributed by atoms with Crippen LogP contribution in [0.1, 0.15) is 50.2 Å². The Morgan fingerprint density at radius 2 is 1.96 bits per heavy atom. The fourth-order valence-electron chi connectivity index (χ4n) is 4.24. The van der Waals surface area contributed by atoms with E-state index in [2.05, 4.69) is 22.7 Å². The molecule has 5 heteroatoms. The molecule has 1 aromatic carbocycles. The highest BCUT2D eigenvalue weighted by atomic mass is 16.5. The van der Waals surface area contributed by atoms with Crippen molar-refractivity contribution in [3.8, 4) is 12.3 Å². The van der Waals surface area contributed by atoms with Gasteiger partial charge < -0.3 is 19.7 Å². The Hall–Kier alpha value is -2.29. The number of nitrogens with one attached hydrogen (secondary N) is 1. The Morgan fingerprint density at radius 1 is 1.26 bits per heavy atom. The van der Waals surface area contributed by atoms with Crippen molar-refractivity contribution in [2.75, 3.05) is 25.1 Å². The van der Waals surface area contributed by atoms with Gasteiger partial charge >= 0.3 is 0 Å². The minimum Gasteiger partial charge on any atom is -0.385 e. The fraction of sp³-hybridized carbons (Fsp3) is 0.500. The molecule has 27 heavy (non-hydrogen) atoms. The Balaban J connectivity index is 1.85. The van der Waals surface area contributed by atoms with E-state index >= 15 is 0 Å². The van der Waals surface area contributed by atoms with Crippen LogP contribution >= 0.6 is 0 Å². The Labute approximate surface area is 159 Å². The van der Waals surface area contributed by atoms with Crippen LogP contribution in [0.5, 0.6) is 0 Å². The number of aromatic nitrogens is 1. The molecule has 0 radical (unpaired) electrons. The van der Waals surface area contributed by atoms with Gasteiger partial charge in [-0.3, -0.25) is 4.79 Å². The van der Waals surface area contributed by atoms with Crippen LogP contribution in [0.15, 0.2) is 23.0 Å². The molecule has 2 heterocycles. The average Bonchev–Trinajstić information content (AvgIpc) is 2.65. The predicted molar refractivity (Wildman–Crippen MR) is 107 cm³/mol. The number of pyridine rings is 1. The van der Waals surface area contributed by atoms with Crippen molar-refractivity contribution in [2.45, 2.75) is 50.2 Å². The maximum atomic E-state index is 12.6. The highest BCUT2D eigenvalue weighted by Crippen LogP contribution is 2.43. The summed E-state index contributed by atoms with van der Waals surface area (Å²) in [6.45, 7) is 3.66. The van der Waals surface area contributed by atoms with E-state index in [1.165, 1.54) is 0 Å². The van der Waals surface area contributed by atoms with Crippen molar-refractivity contribution in [3.05, 3.63) is 39.7 Å². The van der Waals surface area contributed by atoms with Crippen LogP contribution in [0.25, 0.3) is 10.9 Å². The van der Waals surface area contributed by atoms with Gasteiger partial charge in [0.2, 0.25) is 0 Å². The highest BCUT2D eigenvalue weighted by molar-refractivity contribution is 5.95. The molecule has 142 valence electrons. The summed E-state index contributed by atoms with van der Waals surface area (Å²) in [5, 5.41) is 11.7. The third-order valence-electron chi connectivity index (χ3n) is 6.48. The van der Waals surface area contributed by atoms with Crippen molar-refractivity contribution in [2.24, 2.45) is 0 Å². The number of piperidine rings is 1. The van der Waals surface area contributed by atoms with E-state index in [9.17, 15) is 9.90 Å². The number of aliphatic hydroxyl groups is 1. The number of aromatic amines is 1. The molecule has 2 aliphatic rings. The number of hydrogen-bond donors (Lipinski definition) is 2.